The van der Waals surface area contributed by atoms with Crippen LogP contribution in [0.4, 0.5) is 4.39 Å². The molecule has 2 rings (SSSR count). The van der Waals surface area contributed by atoms with Crippen LogP contribution in [0.15, 0.2) is 22.7 Å². The summed E-state index contributed by atoms with van der Waals surface area (Å²) in [5.41, 5.74) is 1.26. The molecule has 3 nitrogen and oxygen atoms in total. The fraction of sp³-hybridized carbons (Fsp3) is 0.357. The van der Waals surface area contributed by atoms with Crippen molar-refractivity contribution in [1.82, 2.24) is 9.59 Å². The number of carbonyl (C=O) groups is 1. The number of nitrogens with zero attached hydrogens (tertiary/aromatic N) is 2. The molecule has 2 aromatic rings. The molecule has 0 aliphatic rings. The van der Waals surface area contributed by atoms with Gasteiger partial charge >= 0.3 is 0 Å². The topological polar surface area (TPSA) is 42.9 Å². The molecule has 0 atom stereocenters. The number of Topliss-reactive ketones (excluding diaryl/α,β-unsaturated/α-hetero) is 1. The molecule has 1 heterocycles. The molecule has 0 N–H and O–H groups in total. The summed E-state index contributed by atoms with van der Waals surface area (Å²) in [6.45, 7) is 5.99. The van der Waals surface area contributed by atoms with Crippen molar-refractivity contribution in [3.8, 4) is 0 Å². The van der Waals surface area contributed by atoms with Crippen molar-refractivity contribution in [3.63, 3.8) is 0 Å². The van der Waals surface area contributed by atoms with Gasteiger partial charge in [-0.3, -0.25) is 4.79 Å². The summed E-state index contributed by atoms with van der Waals surface area (Å²) in [6.07, 6.45) is 0.214. The predicted octanol–water partition coefficient (Wildman–Crippen LogP) is 4.16. The molecule has 6 heteroatoms. The minimum absolute atomic E-state index is 0.0385. The first-order valence-electron chi connectivity index (χ1n) is 6.09. The van der Waals surface area contributed by atoms with Gasteiger partial charge in [-0.15, -0.1) is 5.10 Å². The van der Waals surface area contributed by atoms with Gasteiger partial charge in [0, 0.05) is 11.8 Å². The molecule has 0 aliphatic carbocycles. The van der Waals surface area contributed by atoms with E-state index in [-0.39, 0.29) is 23.4 Å². The third-order valence-corrected chi connectivity index (χ3v) is 4.17. The fourth-order valence-corrected chi connectivity index (χ4v) is 3.02. The number of aromatic nitrogens is 2. The number of hydrogen-bond donors (Lipinski definition) is 0. The van der Waals surface area contributed by atoms with Gasteiger partial charge in [-0.2, -0.15) is 0 Å². The van der Waals surface area contributed by atoms with Crippen molar-refractivity contribution >= 4 is 33.2 Å². The maximum absolute atomic E-state index is 13.2. The van der Waals surface area contributed by atoms with E-state index in [1.54, 1.807) is 12.1 Å². The smallest absolute Gasteiger partial charge is 0.180 e. The van der Waals surface area contributed by atoms with Gasteiger partial charge in [-0.05, 0) is 45.2 Å². The predicted molar refractivity (Wildman–Crippen MR) is 80.7 cm³/mol. The molecule has 1 aromatic carbocycles. The van der Waals surface area contributed by atoms with Crippen molar-refractivity contribution in [2.24, 2.45) is 0 Å². The van der Waals surface area contributed by atoms with Gasteiger partial charge < -0.3 is 0 Å². The number of halogens is 2. The Balaban J connectivity index is 2.25. The molecule has 1 aromatic heterocycles. The number of carbonyl (C=O) groups excluding carboxylic acids is 1. The maximum Gasteiger partial charge on any atom is 0.180 e. The number of rotatable bonds is 3. The van der Waals surface area contributed by atoms with Crippen LogP contribution in [0.25, 0.3) is 0 Å². The minimum Gasteiger partial charge on any atom is -0.293 e. The van der Waals surface area contributed by atoms with Crippen LogP contribution in [-0.2, 0) is 11.8 Å². The molecule has 106 valence electrons. The summed E-state index contributed by atoms with van der Waals surface area (Å²) in [6, 6.07) is 4.59. The van der Waals surface area contributed by atoms with Crippen LogP contribution in [-0.4, -0.2) is 15.4 Å². The molecule has 0 unspecified atom stereocenters. The second-order valence-corrected chi connectivity index (χ2v) is 7.16. The highest BCUT2D eigenvalue weighted by atomic mass is 79.9. The number of hydrogen-bond acceptors (Lipinski definition) is 4. The summed E-state index contributed by atoms with van der Waals surface area (Å²) in [5, 5.41) is 4.06. The van der Waals surface area contributed by atoms with E-state index in [1.807, 2.05) is 20.8 Å². The van der Waals surface area contributed by atoms with Crippen LogP contribution in [0.5, 0.6) is 0 Å². The molecular weight excluding hydrogens is 343 g/mol. The Morgan fingerprint density at radius 1 is 1.40 bits per heavy atom. The standard InChI is InChI=1S/C14H14BrFN2OS/c1-14(2,3)13-12(20-18-17-13)11(19)7-8-4-5-10(16)9(15)6-8/h4-6H,7H2,1-3H3. The van der Waals surface area contributed by atoms with Gasteiger partial charge in [0.2, 0.25) is 0 Å². The first-order chi connectivity index (χ1) is 9.29. The van der Waals surface area contributed by atoms with Crippen LogP contribution in [0.1, 0.15) is 41.7 Å². The van der Waals surface area contributed by atoms with Gasteiger partial charge in [0.25, 0.3) is 0 Å². The third-order valence-electron chi connectivity index (χ3n) is 2.80. The first-order valence-corrected chi connectivity index (χ1v) is 7.65. The zero-order chi connectivity index (χ0) is 14.9. The first kappa shape index (κ1) is 15.3. The SMILES string of the molecule is CC(C)(C)c1nnsc1C(=O)Cc1ccc(F)c(Br)c1. The van der Waals surface area contributed by atoms with E-state index >= 15 is 0 Å². The van der Waals surface area contributed by atoms with Crippen LogP contribution < -0.4 is 0 Å². The molecule has 0 aliphatic heterocycles. The quantitative estimate of drug-likeness (QED) is 0.775. The molecule has 0 fully saturated rings. The van der Waals surface area contributed by atoms with Gasteiger partial charge in [-0.25, -0.2) is 4.39 Å². The van der Waals surface area contributed by atoms with Crippen molar-refractivity contribution < 1.29 is 9.18 Å². The van der Waals surface area contributed by atoms with Gasteiger partial charge in [0.1, 0.15) is 10.7 Å². The molecule has 0 saturated carbocycles. The van der Waals surface area contributed by atoms with E-state index in [4.69, 9.17) is 0 Å². The van der Waals surface area contributed by atoms with Crippen LogP contribution in [0.2, 0.25) is 0 Å². The van der Waals surface area contributed by atoms with Crippen LogP contribution in [0, 0.1) is 5.82 Å². The van der Waals surface area contributed by atoms with Crippen molar-refractivity contribution in [2.45, 2.75) is 32.6 Å². The average molecular weight is 357 g/mol. The largest absolute Gasteiger partial charge is 0.293 e. The summed E-state index contributed by atoms with van der Waals surface area (Å²) in [4.78, 5) is 12.9. The molecule has 0 saturated heterocycles. The summed E-state index contributed by atoms with van der Waals surface area (Å²) in [5.74, 6) is -0.375. The lowest BCUT2D eigenvalue weighted by molar-refractivity contribution is 0.0994. The Morgan fingerprint density at radius 3 is 2.70 bits per heavy atom. The average Bonchev–Trinajstić information content (AvgIpc) is 2.83. The maximum atomic E-state index is 13.2. The van der Waals surface area contributed by atoms with E-state index < -0.39 is 0 Å². The van der Waals surface area contributed by atoms with Gasteiger partial charge in [0.05, 0.1) is 10.2 Å². The molecular formula is C14H14BrFN2OS. The zero-order valence-electron chi connectivity index (χ0n) is 11.4. The molecule has 0 radical (unpaired) electrons. The lowest BCUT2D eigenvalue weighted by Gasteiger charge is -2.15. The third kappa shape index (κ3) is 3.30. The fourth-order valence-electron chi connectivity index (χ4n) is 1.78. The highest BCUT2D eigenvalue weighted by molar-refractivity contribution is 9.10. The Labute approximate surface area is 129 Å². The van der Waals surface area contributed by atoms with E-state index in [0.29, 0.717) is 15.0 Å². The monoisotopic (exact) mass is 356 g/mol. The van der Waals surface area contributed by atoms with E-state index in [2.05, 4.69) is 25.5 Å². The van der Waals surface area contributed by atoms with E-state index in [1.165, 1.54) is 6.07 Å². The minimum atomic E-state index is -0.337. The van der Waals surface area contributed by atoms with Crippen molar-refractivity contribution in [3.05, 3.63) is 44.6 Å². The lowest BCUT2D eigenvalue weighted by atomic mass is 9.90. The van der Waals surface area contributed by atoms with E-state index in [9.17, 15) is 9.18 Å². The second kappa shape index (κ2) is 5.69. The molecule has 0 amide bonds. The Bertz CT molecular complexity index is 649. The van der Waals surface area contributed by atoms with E-state index in [0.717, 1.165) is 17.1 Å². The lowest BCUT2D eigenvalue weighted by Crippen LogP contribution is -2.17. The Kier molecular flexibility index (Phi) is 4.34. The molecule has 20 heavy (non-hydrogen) atoms. The van der Waals surface area contributed by atoms with Crippen molar-refractivity contribution in [2.75, 3.05) is 0 Å². The normalized spacial score (nSPS) is 11.7. The van der Waals surface area contributed by atoms with Crippen LogP contribution in [0.3, 0.4) is 0 Å². The van der Waals surface area contributed by atoms with Crippen molar-refractivity contribution in [1.29, 1.82) is 0 Å². The van der Waals surface area contributed by atoms with Gasteiger partial charge in [0.15, 0.2) is 5.78 Å². The highest BCUT2D eigenvalue weighted by Gasteiger charge is 2.26. The van der Waals surface area contributed by atoms with Gasteiger partial charge in [-0.1, -0.05) is 31.3 Å². The number of ketones is 1. The Morgan fingerprint density at radius 2 is 2.10 bits per heavy atom. The zero-order valence-corrected chi connectivity index (χ0v) is 13.8. The van der Waals surface area contributed by atoms with Crippen LogP contribution >= 0.6 is 27.5 Å². The molecule has 0 bridgehead atoms. The second-order valence-electron chi connectivity index (χ2n) is 5.55. The highest BCUT2D eigenvalue weighted by Crippen LogP contribution is 2.27. The summed E-state index contributed by atoms with van der Waals surface area (Å²) < 4.78 is 17.4. The Hall–Kier alpha value is -1.14. The summed E-state index contributed by atoms with van der Waals surface area (Å²) >= 11 is 4.24. The molecule has 0 spiro atoms. The number of benzene rings is 1. The summed E-state index contributed by atoms with van der Waals surface area (Å²) in [7, 11) is 0.